The first-order valence-electron chi connectivity index (χ1n) is 9.78. The third kappa shape index (κ3) is 5.02. The van der Waals surface area contributed by atoms with Crippen LogP contribution >= 0.6 is 11.6 Å². The molecule has 0 aliphatic rings. The van der Waals surface area contributed by atoms with Crippen LogP contribution in [0.5, 0.6) is 0 Å². The Bertz CT molecular complexity index is 1500. The van der Waals surface area contributed by atoms with Gasteiger partial charge in [0.2, 0.25) is 0 Å². The molecule has 3 aromatic carbocycles. The Morgan fingerprint density at radius 1 is 0.879 bits per heavy atom. The molecule has 0 radical (unpaired) electrons. The second-order valence-corrected chi connectivity index (χ2v) is 9.70. The first kappa shape index (κ1) is 22.4. The molecule has 4 aromatic rings. The van der Waals surface area contributed by atoms with Gasteiger partial charge >= 0.3 is 0 Å². The summed E-state index contributed by atoms with van der Waals surface area (Å²) in [6.45, 7) is 0. The van der Waals surface area contributed by atoms with E-state index in [0.29, 0.717) is 22.5 Å². The highest BCUT2D eigenvalue weighted by Crippen LogP contribution is 2.27. The van der Waals surface area contributed by atoms with Crippen molar-refractivity contribution in [2.24, 2.45) is 0 Å². The smallest absolute Gasteiger partial charge is 0.256 e. The van der Waals surface area contributed by atoms with Crippen LogP contribution in [0.25, 0.3) is 10.9 Å². The minimum Gasteiger partial charge on any atom is -0.322 e. The molecule has 7 nitrogen and oxygen atoms in total. The molecule has 0 unspecified atom stereocenters. The molecule has 166 valence electrons. The molecule has 1 aromatic heterocycles. The Balaban J connectivity index is 1.51. The van der Waals surface area contributed by atoms with Gasteiger partial charge < -0.3 is 10.6 Å². The van der Waals surface area contributed by atoms with Crippen LogP contribution in [0.3, 0.4) is 0 Å². The average molecular weight is 480 g/mol. The lowest BCUT2D eigenvalue weighted by molar-refractivity contribution is 0.101. The number of carbonyl (C=O) groups excluding carboxylic acids is 2. The molecule has 0 saturated carbocycles. The van der Waals surface area contributed by atoms with Gasteiger partial charge in [0, 0.05) is 34.7 Å². The Morgan fingerprint density at radius 3 is 2.42 bits per heavy atom. The van der Waals surface area contributed by atoms with E-state index >= 15 is 0 Å². The van der Waals surface area contributed by atoms with Gasteiger partial charge in [-0.2, -0.15) is 0 Å². The quantitative estimate of drug-likeness (QED) is 0.428. The maximum Gasteiger partial charge on any atom is 0.256 e. The van der Waals surface area contributed by atoms with Crippen LogP contribution in [-0.2, 0) is 9.84 Å². The third-order valence-electron chi connectivity index (χ3n) is 4.89. The minimum absolute atomic E-state index is 0.0444. The van der Waals surface area contributed by atoms with Crippen molar-refractivity contribution < 1.29 is 18.0 Å². The van der Waals surface area contributed by atoms with Gasteiger partial charge in [-0.25, -0.2) is 8.42 Å². The van der Waals surface area contributed by atoms with Crippen LogP contribution in [0.1, 0.15) is 20.7 Å². The number of anilines is 2. The molecule has 1 heterocycles. The van der Waals surface area contributed by atoms with Crippen molar-refractivity contribution in [1.29, 1.82) is 0 Å². The van der Waals surface area contributed by atoms with Gasteiger partial charge in [-0.15, -0.1) is 0 Å². The molecule has 0 saturated heterocycles. The summed E-state index contributed by atoms with van der Waals surface area (Å²) >= 11 is 6.32. The maximum atomic E-state index is 12.8. The number of hydrogen-bond acceptors (Lipinski definition) is 5. The van der Waals surface area contributed by atoms with Crippen LogP contribution in [0.2, 0.25) is 5.02 Å². The number of sulfone groups is 1. The van der Waals surface area contributed by atoms with Crippen molar-refractivity contribution in [1.82, 2.24) is 4.98 Å². The summed E-state index contributed by atoms with van der Waals surface area (Å²) in [4.78, 5) is 29.7. The van der Waals surface area contributed by atoms with E-state index in [1.807, 2.05) is 12.1 Å². The molecule has 4 rings (SSSR count). The zero-order valence-corrected chi connectivity index (χ0v) is 18.9. The summed E-state index contributed by atoms with van der Waals surface area (Å²) in [5.74, 6) is -0.832. The van der Waals surface area contributed by atoms with E-state index in [-0.39, 0.29) is 21.4 Å². The predicted octanol–water partition coefficient (Wildman–Crippen LogP) is 4.80. The van der Waals surface area contributed by atoms with E-state index in [0.717, 1.165) is 11.6 Å². The highest BCUT2D eigenvalue weighted by Gasteiger charge is 2.15. The van der Waals surface area contributed by atoms with Gasteiger partial charge in [0.15, 0.2) is 9.84 Å². The third-order valence-corrected chi connectivity index (χ3v) is 6.31. The number of amides is 2. The van der Waals surface area contributed by atoms with Gasteiger partial charge in [-0.1, -0.05) is 29.8 Å². The topological polar surface area (TPSA) is 105 Å². The summed E-state index contributed by atoms with van der Waals surface area (Å²) < 4.78 is 23.5. The maximum absolute atomic E-state index is 12.8. The number of pyridine rings is 1. The predicted molar refractivity (Wildman–Crippen MR) is 129 cm³/mol. The Labute approximate surface area is 195 Å². The molecule has 33 heavy (non-hydrogen) atoms. The first-order chi connectivity index (χ1) is 15.7. The van der Waals surface area contributed by atoms with Gasteiger partial charge in [-0.05, 0) is 54.6 Å². The fourth-order valence-corrected chi connectivity index (χ4v) is 4.15. The van der Waals surface area contributed by atoms with Crippen LogP contribution in [0.4, 0.5) is 11.4 Å². The number of halogens is 1. The van der Waals surface area contributed by atoms with E-state index in [9.17, 15) is 18.0 Å². The number of benzene rings is 3. The summed E-state index contributed by atoms with van der Waals surface area (Å²) in [6, 6.07) is 19.3. The van der Waals surface area contributed by atoms with Crippen molar-refractivity contribution in [2.75, 3.05) is 16.9 Å². The second-order valence-electron chi connectivity index (χ2n) is 7.28. The second kappa shape index (κ2) is 9.01. The van der Waals surface area contributed by atoms with E-state index in [1.165, 1.54) is 30.3 Å². The van der Waals surface area contributed by atoms with Gasteiger partial charge in [-0.3, -0.25) is 14.6 Å². The van der Waals surface area contributed by atoms with Crippen LogP contribution < -0.4 is 10.6 Å². The fraction of sp³-hybridized carbons (Fsp3) is 0.0417. The lowest BCUT2D eigenvalue weighted by Crippen LogP contribution is -2.14. The fourth-order valence-electron chi connectivity index (χ4n) is 3.26. The number of nitrogens with one attached hydrogen (secondary N) is 2. The van der Waals surface area contributed by atoms with Crippen molar-refractivity contribution in [3.8, 4) is 0 Å². The molecule has 9 heteroatoms. The van der Waals surface area contributed by atoms with Gasteiger partial charge in [0.05, 0.1) is 21.1 Å². The Hall–Kier alpha value is -3.75. The SMILES string of the molecule is CS(=O)(=O)c1cccc(C(=O)Nc2ccc(NC(=O)c3cccc4ncccc34)cc2Cl)c1. The lowest BCUT2D eigenvalue weighted by Gasteiger charge is -2.11. The van der Waals surface area contributed by atoms with E-state index in [4.69, 9.17) is 11.6 Å². The summed E-state index contributed by atoms with van der Waals surface area (Å²) in [7, 11) is -3.44. The standard InChI is InChI=1S/C24H18ClN3O4S/c1-33(31,32)17-6-2-5-15(13-17)23(29)28-22-11-10-16(14-20(22)25)27-24(30)19-7-3-9-21-18(19)8-4-12-26-21/h2-14H,1H3,(H,27,30)(H,28,29). The summed E-state index contributed by atoms with van der Waals surface area (Å²) in [5.41, 5.74) is 2.12. The van der Waals surface area contributed by atoms with E-state index in [1.54, 1.807) is 36.5 Å². The molecule has 2 N–H and O–H groups in total. The molecule has 0 atom stereocenters. The lowest BCUT2D eigenvalue weighted by atomic mass is 10.1. The molecular formula is C24H18ClN3O4S. The number of nitrogens with zero attached hydrogens (tertiary/aromatic N) is 1. The molecule has 0 spiro atoms. The zero-order valence-electron chi connectivity index (χ0n) is 17.4. The molecule has 0 aliphatic carbocycles. The molecule has 0 aliphatic heterocycles. The van der Waals surface area contributed by atoms with Crippen molar-refractivity contribution in [3.63, 3.8) is 0 Å². The molecule has 0 bridgehead atoms. The van der Waals surface area contributed by atoms with Crippen LogP contribution in [-0.4, -0.2) is 31.5 Å². The number of carbonyl (C=O) groups is 2. The van der Waals surface area contributed by atoms with E-state index < -0.39 is 15.7 Å². The van der Waals surface area contributed by atoms with Crippen molar-refractivity contribution >= 4 is 55.5 Å². The normalized spacial score (nSPS) is 11.2. The number of hydrogen-bond donors (Lipinski definition) is 2. The highest BCUT2D eigenvalue weighted by atomic mass is 35.5. The number of rotatable bonds is 5. The van der Waals surface area contributed by atoms with Crippen molar-refractivity contribution in [2.45, 2.75) is 4.90 Å². The summed E-state index contributed by atoms with van der Waals surface area (Å²) in [5, 5.41) is 6.39. The molecular weight excluding hydrogens is 462 g/mol. The Kier molecular flexibility index (Phi) is 6.13. The molecule has 2 amide bonds. The van der Waals surface area contributed by atoms with Gasteiger partial charge in [0.1, 0.15) is 0 Å². The highest BCUT2D eigenvalue weighted by molar-refractivity contribution is 7.90. The van der Waals surface area contributed by atoms with Gasteiger partial charge in [0.25, 0.3) is 11.8 Å². The summed E-state index contributed by atoms with van der Waals surface area (Å²) in [6.07, 6.45) is 2.73. The minimum atomic E-state index is -3.44. The monoisotopic (exact) mass is 479 g/mol. The number of fused-ring (bicyclic) bond motifs is 1. The number of aromatic nitrogens is 1. The largest absolute Gasteiger partial charge is 0.322 e. The Morgan fingerprint density at radius 2 is 1.67 bits per heavy atom. The van der Waals surface area contributed by atoms with Crippen molar-refractivity contribution in [3.05, 3.63) is 95.1 Å². The van der Waals surface area contributed by atoms with E-state index in [2.05, 4.69) is 15.6 Å². The molecule has 0 fully saturated rings. The zero-order chi connectivity index (χ0) is 23.6. The first-order valence-corrected chi connectivity index (χ1v) is 12.1. The van der Waals surface area contributed by atoms with Crippen LogP contribution in [0.15, 0.2) is 83.9 Å². The average Bonchev–Trinajstić information content (AvgIpc) is 2.80. The van der Waals surface area contributed by atoms with Crippen LogP contribution in [0, 0.1) is 0 Å².